The van der Waals surface area contributed by atoms with Crippen LogP contribution in [-0.4, -0.2) is 19.3 Å². The second-order valence-corrected chi connectivity index (χ2v) is 5.17. The van der Waals surface area contributed by atoms with Crippen LogP contribution < -0.4 is 9.47 Å². The molecule has 0 aliphatic heterocycles. The van der Waals surface area contributed by atoms with Gasteiger partial charge in [-0.3, -0.25) is 0 Å². The van der Waals surface area contributed by atoms with Gasteiger partial charge in [0, 0.05) is 5.56 Å². The van der Waals surface area contributed by atoms with Crippen molar-refractivity contribution in [1.82, 2.24) is 0 Å². The average molecular weight is 280 g/mol. The minimum absolute atomic E-state index is 0.446. The van der Waals surface area contributed by atoms with E-state index in [1.165, 1.54) is 0 Å². The standard InChI is InChI=1S/C17H28O3/c1-5-7-9-14-16(19-3)11-13(12-17(14)20-4)15(18)10-8-6-2/h11-12,15,18H,5-10H2,1-4H3. The summed E-state index contributed by atoms with van der Waals surface area (Å²) in [5.74, 6) is 1.65. The predicted octanol–water partition coefficient (Wildman–Crippen LogP) is 4.27. The van der Waals surface area contributed by atoms with Crippen molar-refractivity contribution in [3.63, 3.8) is 0 Å². The topological polar surface area (TPSA) is 38.7 Å². The average Bonchev–Trinajstić information content (AvgIpc) is 2.49. The molecule has 0 bridgehead atoms. The number of ether oxygens (including phenoxy) is 2. The molecule has 0 spiro atoms. The van der Waals surface area contributed by atoms with Gasteiger partial charge in [0.05, 0.1) is 20.3 Å². The summed E-state index contributed by atoms with van der Waals surface area (Å²) in [6.07, 6.45) is 5.60. The molecule has 3 nitrogen and oxygen atoms in total. The smallest absolute Gasteiger partial charge is 0.126 e. The first kappa shape index (κ1) is 16.8. The van der Waals surface area contributed by atoms with Crippen molar-refractivity contribution < 1.29 is 14.6 Å². The molecule has 1 N–H and O–H groups in total. The lowest BCUT2D eigenvalue weighted by Crippen LogP contribution is -2.03. The number of aliphatic hydroxyl groups is 1. The van der Waals surface area contributed by atoms with E-state index < -0.39 is 6.10 Å². The van der Waals surface area contributed by atoms with Crippen molar-refractivity contribution in [3.05, 3.63) is 23.3 Å². The third-order valence-electron chi connectivity index (χ3n) is 3.63. The molecule has 1 aromatic carbocycles. The minimum atomic E-state index is -0.446. The van der Waals surface area contributed by atoms with E-state index in [1.807, 2.05) is 12.1 Å². The molecule has 1 atom stereocenters. The van der Waals surface area contributed by atoms with Gasteiger partial charge in [-0.1, -0.05) is 33.1 Å². The largest absolute Gasteiger partial charge is 0.496 e. The van der Waals surface area contributed by atoms with Crippen LogP contribution in [0.15, 0.2) is 12.1 Å². The molecule has 1 unspecified atom stereocenters. The van der Waals surface area contributed by atoms with Crippen LogP contribution in [0.4, 0.5) is 0 Å². The van der Waals surface area contributed by atoms with Crippen LogP contribution in [0, 0.1) is 0 Å². The molecule has 0 aliphatic rings. The fourth-order valence-electron chi connectivity index (χ4n) is 2.36. The van der Waals surface area contributed by atoms with E-state index in [0.29, 0.717) is 0 Å². The summed E-state index contributed by atoms with van der Waals surface area (Å²) in [5, 5.41) is 10.2. The second-order valence-electron chi connectivity index (χ2n) is 5.17. The Kier molecular flexibility index (Phi) is 7.45. The Balaban J connectivity index is 3.04. The van der Waals surface area contributed by atoms with Gasteiger partial charge in [-0.05, 0) is 37.0 Å². The summed E-state index contributed by atoms with van der Waals surface area (Å²) in [4.78, 5) is 0. The lowest BCUT2D eigenvalue weighted by molar-refractivity contribution is 0.163. The van der Waals surface area contributed by atoms with E-state index in [9.17, 15) is 5.11 Å². The Bertz CT molecular complexity index is 376. The first-order chi connectivity index (χ1) is 9.67. The van der Waals surface area contributed by atoms with Gasteiger partial charge in [0.2, 0.25) is 0 Å². The van der Waals surface area contributed by atoms with Crippen LogP contribution in [0.1, 0.15) is 63.2 Å². The van der Waals surface area contributed by atoms with E-state index in [2.05, 4.69) is 13.8 Å². The molecule has 3 heteroatoms. The number of hydrogen-bond acceptors (Lipinski definition) is 3. The van der Waals surface area contributed by atoms with Crippen LogP contribution in [-0.2, 0) is 6.42 Å². The highest BCUT2D eigenvalue weighted by atomic mass is 16.5. The zero-order valence-electron chi connectivity index (χ0n) is 13.2. The Morgan fingerprint density at radius 2 is 1.55 bits per heavy atom. The van der Waals surface area contributed by atoms with E-state index in [1.54, 1.807) is 14.2 Å². The summed E-state index contributed by atoms with van der Waals surface area (Å²) in [6.45, 7) is 4.30. The summed E-state index contributed by atoms with van der Waals surface area (Å²) < 4.78 is 11.0. The third kappa shape index (κ3) is 4.41. The van der Waals surface area contributed by atoms with Gasteiger partial charge in [-0.25, -0.2) is 0 Å². The highest BCUT2D eigenvalue weighted by Crippen LogP contribution is 2.35. The predicted molar refractivity (Wildman–Crippen MR) is 82.6 cm³/mol. The van der Waals surface area contributed by atoms with Crippen molar-refractivity contribution in [2.45, 2.75) is 58.5 Å². The lowest BCUT2D eigenvalue weighted by Gasteiger charge is -2.18. The van der Waals surface area contributed by atoms with E-state index in [0.717, 1.165) is 61.2 Å². The molecule has 0 aliphatic carbocycles. The van der Waals surface area contributed by atoms with Crippen LogP contribution in [0.25, 0.3) is 0 Å². The minimum Gasteiger partial charge on any atom is -0.496 e. The number of benzene rings is 1. The molecule has 0 saturated carbocycles. The van der Waals surface area contributed by atoms with Gasteiger partial charge < -0.3 is 14.6 Å². The second kappa shape index (κ2) is 8.85. The number of methoxy groups -OCH3 is 2. The van der Waals surface area contributed by atoms with Crippen LogP contribution >= 0.6 is 0 Å². The Labute approximate surface area is 122 Å². The molecule has 0 saturated heterocycles. The molecule has 0 aromatic heterocycles. The first-order valence-electron chi connectivity index (χ1n) is 7.60. The van der Waals surface area contributed by atoms with Gasteiger partial charge in [-0.2, -0.15) is 0 Å². The maximum Gasteiger partial charge on any atom is 0.126 e. The number of unbranched alkanes of at least 4 members (excludes halogenated alkanes) is 2. The van der Waals surface area contributed by atoms with Crippen molar-refractivity contribution in [2.75, 3.05) is 14.2 Å². The lowest BCUT2D eigenvalue weighted by atomic mass is 9.98. The molecule has 1 aromatic rings. The zero-order valence-corrected chi connectivity index (χ0v) is 13.2. The highest BCUT2D eigenvalue weighted by molar-refractivity contribution is 5.48. The van der Waals surface area contributed by atoms with E-state index in [-0.39, 0.29) is 0 Å². The molecule has 1 rings (SSSR count). The van der Waals surface area contributed by atoms with Crippen LogP contribution in [0.3, 0.4) is 0 Å². The first-order valence-corrected chi connectivity index (χ1v) is 7.60. The molecular formula is C17H28O3. The van der Waals surface area contributed by atoms with Crippen LogP contribution in [0.2, 0.25) is 0 Å². The number of rotatable bonds is 9. The van der Waals surface area contributed by atoms with Gasteiger partial charge in [-0.15, -0.1) is 0 Å². The molecule has 0 amide bonds. The van der Waals surface area contributed by atoms with Crippen LogP contribution in [0.5, 0.6) is 11.5 Å². The summed E-state index contributed by atoms with van der Waals surface area (Å²) in [7, 11) is 3.35. The number of hydrogen-bond donors (Lipinski definition) is 1. The Morgan fingerprint density at radius 3 is 2.00 bits per heavy atom. The Morgan fingerprint density at radius 1 is 1.00 bits per heavy atom. The normalized spacial score (nSPS) is 12.2. The quantitative estimate of drug-likeness (QED) is 0.734. The summed E-state index contributed by atoms with van der Waals surface area (Å²) in [6, 6.07) is 3.90. The van der Waals surface area contributed by atoms with E-state index >= 15 is 0 Å². The van der Waals surface area contributed by atoms with E-state index in [4.69, 9.17) is 9.47 Å². The molecule has 0 fully saturated rings. The fourth-order valence-corrected chi connectivity index (χ4v) is 2.36. The maximum absolute atomic E-state index is 10.2. The summed E-state index contributed by atoms with van der Waals surface area (Å²) in [5.41, 5.74) is 1.98. The summed E-state index contributed by atoms with van der Waals surface area (Å²) >= 11 is 0. The molecule has 0 radical (unpaired) electrons. The fraction of sp³-hybridized carbons (Fsp3) is 0.647. The SMILES string of the molecule is CCCCc1c(OC)cc(C(O)CCCC)cc1OC. The zero-order chi connectivity index (χ0) is 15.0. The number of aliphatic hydroxyl groups excluding tert-OH is 1. The van der Waals surface area contributed by atoms with Gasteiger partial charge in [0.25, 0.3) is 0 Å². The Hall–Kier alpha value is -1.22. The maximum atomic E-state index is 10.2. The third-order valence-corrected chi connectivity index (χ3v) is 3.63. The van der Waals surface area contributed by atoms with Crippen molar-refractivity contribution in [1.29, 1.82) is 0 Å². The molecule has 20 heavy (non-hydrogen) atoms. The molecule has 114 valence electrons. The van der Waals surface area contributed by atoms with Crippen molar-refractivity contribution >= 4 is 0 Å². The van der Waals surface area contributed by atoms with Gasteiger partial charge in [0.15, 0.2) is 0 Å². The highest BCUT2D eigenvalue weighted by Gasteiger charge is 2.16. The van der Waals surface area contributed by atoms with Gasteiger partial charge in [0.1, 0.15) is 11.5 Å². The van der Waals surface area contributed by atoms with Crippen molar-refractivity contribution in [2.24, 2.45) is 0 Å². The molecular weight excluding hydrogens is 252 g/mol. The monoisotopic (exact) mass is 280 g/mol. The molecule has 0 heterocycles. The van der Waals surface area contributed by atoms with Crippen molar-refractivity contribution in [3.8, 4) is 11.5 Å². The van der Waals surface area contributed by atoms with Gasteiger partial charge >= 0.3 is 0 Å².